The van der Waals surface area contributed by atoms with Crippen LogP contribution in [-0.4, -0.2) is 22.3 Å². The monoisotopic (exact) mass is 520 g/mol. The summed E-state index contributed by atoms with van der Waals surface area (Å²) < 4.78 is 5.97. The van der Waals surface area contributed by atoms with Crippen molar-refractivity contribution in [3.8, 4) is 0 Å². The zero-order valence-electron chi connectivity index (χ0n) is 13.1. The second-order valence-electron chi connectivity index (χ2n) is 8.00. The van der Waals surface area contributed by atoms with E-state index in [2.05, 4.69) is 37.2 Å². The first-order valence-corrected chi connectivity index (χ1v) is 14.1. The van der Waals surface area contributed by atoms with E-state index in [0.29, 0.717) is 18.3 Å². The fourth-order valence-electron chi connectivity index (χ4n) is 4.73. The van der Waals surface area contributed by atoms with Crippen molar-refractivity contribution in [2.45, 2.75) is 76.9 Å². The fourth-order valence-corrected chi connectivity index (χ4v) is 4.73. The Morgan fingerprint density at radius 1 is 1.24 bits per heavy atom. The van der Waals surface area contributed by atoms with Gasteiger partial charge in [-0.25, -0.2) is 0 Å². The van der Waals surface area contributed by atoms with Gasteiger partial charge in [-0.2, -0.15) is 0 Å². The second kappa shape index (κ2) is 6.42. The van der Waals surface area contributed by atoms with Gasteiger partial charge < -0.3 is 9.84 Å². The molecule has 0 heterocycles. The summed E-state index contributed by atoms with van der Waals surface area (Å²) in [7, 11) is 0. The van der Waals surface area contributed by atoms with Crippen molar-refractivity contribution in [3.63, 3.8) is 0 Å². The van der Waals surface area contributed by atoms with Crippen LogP contribution in [-0.2, 0) is 9.53 Å². The quantitative estimate of drug-likeness (QED) is 0.429. The van der Waals surface area contributed by atoms with Crippen molar-refractivity contribution < 1.29 is 14.6 Å². The van der Waals surface area contributed by atoms with Gasteiger partial charge in [0.05, 0.1) is 11.0 Å². The molecule has 4 fully saturated rings. The number of carbonyl (C=O) groups is 1. The molecule has 4 bridgehead atoms. The zero-order valence-corrected chi connectivity index (χ0v) is 17.4. The lowest BCUT2D eigenvalue weighted by molar-refractivity contribution is -0.225. The Kier molecular flexibility index (Phi) is 5.57. The Bertz CT molecular complexity index is 394. The van der Waals surface area contributed by atoms with Crippen LogP contribution in [0.1, 0.15) is 65.7 Å². The van der Waals surface area contributed by atoms with Crippen LogP contribution in [0.15, 0.2) is 0 Å². The maximum Gasteiger partial charge on any atom is 0.312 e. The molecule has 0 aromatic carbocycles. The highest BCUT2D eigenvalue weighted by Crippen LogP contribution is 2.59. The smallest absolute Gasteiger partial charge is 0.312 e. The summed E-state index contributed by atoms with van der Waals surface area (Å²) in [5.41, 5.74) is -1.32. The minimum absolute atomic E-state index is 0.0828. The van der Waals surface area contributed by atoms with Crippen LogP contribution in [0.4, 0.5) is 0 Å². The lowest BCUT2D eigenvalue weighted by Gasteiger charge is -2.59. The Balaban J connectivity index is 0.000000774. The molecule has 0 saturated heterocycles. The van der Waals surface area contributed by atoms with Gasteiger partial charge in [-0.1, -0.05) is 6.92 Å². The van der Waals surface area contributed by atoms with E-state index in [0.717, 1.165) is 32.1 Å². The summed E-state index contributed by atoms with van der Waals surface area (Å²) in [6.07, 6.45) is 6.45. The number of aliphatic hydroxyl groups is 1. The maximum atomic E-state index is 12.4. The average molecular weight is 520 g/mol. The number of esters is 1. The van der Waals surface area contributed by atoms with Crippen LogP contribution in [0, 0.1) is 17.3 Å². The molecule has 3 nitrogen and oxygen atoms in total. The molecule has 2 atom stereocenters. The standard InChI is InChI=1S/C16H26O3.I2/c1-4-14(2,3)13(17)19-16-8-11-5-12(9-16)7-15(18,6-11)10-16;1-2/h11-12,18H,4-10H2,1-3H3;. The van der Waals surface area contributed by atoms with Gasteiger partial charge >= 0.3 is 5.97 Å². The molecule has 0 radical (unpaired) electrons. The highest BCUT2D eigenvalue weighted by molar-refractivity contribution is 15.0. The molecule has 1 N–H and O–H groups in total. The minimum Gasteiger partial charge on any atom is -0.459 e. The number of carbonyl (C=O) groups excluding carboxylic acids is 1. The summed E-state index contributed by atoms with van der Waals surface area (Å²) in [6.45, 7) is 5.92. The molecule has 0 aromatic rings. The van der Waals surface area contributed by atoms with Crippen LogP contribution in [0.2, 0.25) is 0 Å². The van der Waals surface area contributed by atoms with Gasteiger partial charge in [0.25, 0.3) is 0 Å². The van der Waals surface area contributed by atoms with Crippen molar-refractivity contribution in [2.24, 2.45) is 17.3 Å². The van der Waals surface area contributed by atoms with E-state index in [1.54, 1.807) is 0 Å². The first kappa shape index (κ1) is 18.2. The van der Waals surface area contributed by atoms with E-state index in [1.807, 2.05) is 20.8 Å². The molecule has 2 unspecified atom stereocenters. The van der Waals surface area contributed by atoms with E-state index >= 15 is 0 Å². The molecule has 4 aliphatic carbocycles. The molecule has 0 aliphatic heterocycles. The summed E-state index contributed by atoms with van der Waals surface area (Å²) in [4.78, 5) is 12.4. The van der Waals surface area contributed by atoms with Gasteiger partial charge in [-0.05, 0) is 64.2 Å². The third-order valence-electron chi connectivity index (χ3n) is 5.72. The van der Waals surface area contributed by atoms with Crippen LogP contribution in [0.5, 0.6) is 0 Å². The van der Waals surface area contributed by atoms with Gasteiger partial charge in [-0.3, -0.25) is 4.79 Å². The van der Waals surface area contributed by atoms with Gasteiger partial charge in [0.2, 0.25) is 0 Å². The van der Waals surface area contributed by atoms with E-state index in [1.165, 1.54) is 6.42 Å². The van der Waals surface area contributed by atoms with E-state index in [9.17, 15) is 9.90 Å². The molecule has 4 saturated carbocycles. The summed E-state index contributed by atoms with van der Waals surface area (Å²) >= 11 is 4.24. The topological polar surface area (TPSA) is 46.5 Å². The van der Waals surface area contributed by atoms with Crippen LogP contribution < -0.4 is 0 Å². The second-order valence-corrected chi connectivity index (χ2v) is 8.00. The Hall–Kier alpha value is 0.890. The van der Waals surface area contributed by atoms with E-state index in [4.69, 9.17) is 4.74 Å². The zero-order chi connectivity index (χ0) is 15.9. The first-order valence-electron chi connectivity index (χ1n) is 7.86. The summed E-state index contributed by atoms with van der Waals surface area (Å²) in [5, 5.41) is 10.6. The number of hydrogen-bond acceptors (Lipinski definition) is 3. The number of halogens is 2. The molecule has 0 amide bonds. The van der Waals surface area contributed by atoms with Crippen molar-refractivity contribution in [1.29, 1.82) is 0 Å². The molecular formula is C16H26I2O3. The van der Waals surface area contributed by atoms with Crippen molar-refractivity contribution >= 4 is 43.2 Å². The summed E-state index contributed by atoms with van der Waals surface area (Å²) in [5.74, 6) is 1.04. The number of ether oxygens (including phenoxy) is 1. The van der Waals surface area contributed by atoms with Gasteiger partial charge in [0.1, 0.15) is 5.60 Å². The Labute approximate surface area is 151 Å². The first-order chi connectivity index (χ1) is 9.76. The molecule has 21 heavy (non-hydrogen) atoms. The SMILES string of the molecule is CCC(C)(C)C(=O)OC12CC3CC(CC(O)(C3)C1)C2.II. The van der Waals surface area contributed by atoms with Gasteiger partial charge in [0, 0.05) is 43.7 Å². The maximum absolute atomic E-state index is 12.4. The number of rotatable bonds is 3. The molecule has 0 aromatic heterocycles. The highest BCUT2D eigenvalue weighted by atomic mass is 128. The summed E-state index contributed by atoms with van der Waals surface area (Å²) in [6, 6.07) is 0. The van der Waals surface area contributed by atoms with E-state index < -0.39 is 11.0 Å². The molecule has 4 aliphatic rings. The third kappa shape index (κ3) is 3.70. The largest absolute Gasteiger partial charge is 0.459 e. The van der Waals surface area contributed by atoms with Gasteiger partial charge in [-0.15, -0.1) is 0 Å². The molecule has 122 valence electrons. The predicted octanol–water partition coefficient (Wildman–Crippen LogP) is 4.82. The molecular weight excluding hydrogens is 494 g/mol. The Morgan fingerprint density at radius 2 is 1.76 bits per heavy atom. The molecule has 5 heteroatoms. The van der Waals surface area contributed by atoms with E-state index in [-0.39, 0.29) is 11.6 Å². The predicted molar refractivity (Wildman–Crippen MR) is 101 cm³/mol. The fraction of sp³-hybridized carbons (Fsp3) is 0.938. The molecule has 0 spiro atoms. The average Bonchev–Trinajstić information content (AvgIpc) is 2.37. The van der Waals surface area contributed by atoms with Crippen molar-refractivity contribution in [1.82, 2.24) is 0 Å². The lowest BCUT2D eigenvalue weighted by Crippen LogP contribution is -2.61. The highest BCUT2D eigenvalue weighted by Gasteiger charge is 2.59. The van der Waals surface area contributed by atoms with Crippen LogP contribution in [0.3, 0.4) is 0 Å². The van der Waals surface area contributed by atoms with Crippen molar-refractivity contribution in [3.05, 3.63) is 0 Å². The Morgan fingerprint density at radius 3 is 2.19 bits per heavy atom. The minimum atomic E-state index is -0.555. The molecule has 4 rings (SSSR count). The van der Waals surface area contributed by atoms with Crippen LogP contribution in [0.25, 0.3) is 0 Å². The van der Waals surface area contributed by atoms with Gasteiger partial charge in [0.15, 0.2) is 0 Å². The third-order valence-corrected chi connectivity index (χ3v) is 5.72. The normalized spacial score (nSPS) is 40.5. The number of hydrogen-bond donors (Lipinski definition) is 1. The van der Waals surface area contributed by atoms with Crippen LogP contribution >= 0.6 is 37.2 Å². The van der Waals surface area contributed by atoms with Crippen molar-refractivity contribution in [2.75, 3.05) is 0 Å². The lowest BCUT2D eigenvalue weighted by atomic mass is 9.52.